The fraction of sp³-hybridized carbons (Fsp3) is 0.857. The summed E-state index contributed by atoms with van der Waals surface area (Å²) in [5.74, 6) is -0.564. The van der Waals surface area contributed by atoms with Crippen LogP contribution in [0.5, 0.6) is 0 Å². The average Bonchev–Trinajstić information content (AvgIpc) is 1.71. The van der Waals surface area contributed by atoms with E-state index in [1.54, 1.807) is 0 Å². The van der Waals surface area contributed by atoms with Gasteiger partial charge in [0.05, 0.1) is 26.4 Å². The number of rotatable bonds is 2. The van der Waals surface area contributed by atoms with Crippen LogP contribution in [0.3, 0.4) is 0 Å². The predicted molar refractivity (Wildman–Crippen MR) is 35.2 cm³/mol. The molecule has 11 heavy (non-hydrogen) atoms. The summed E-state index contributed by atoms with van der Waals surface area (Å²) in [4.78, 5) is 10.8. The first-order valence-corrected chi connectivity index (χ1v) is 3.64. The normalized spacial score (nSPS) is 28.7. The third-order valence-electron chi connectivity index (χ3n) is 2.56. The monoisotopic (exact) mass is 158 g/mol. The topological polar surface area (TPSA) is 55.8 Å². The zero-order valence-electron chi connectivity index (χ0n) is 6.08. The Balaban J connectivity index is 2.09. The van der Waals surface area contributed by atoms with Crippen molar-refractivity contribution >= 4 is 5.97 Å². The van der Waals surface area contributed by atoms with E-state index in [-0.39, 0.29) is 5.92 Å². The van der Waals surface area contributed by atoms with Crippen LogP contribution in [-0.2, 0) is 14.3 Å². The van der Waals surface area contributed by atoms with Crippen molar-refractivity contribution in [3.63, 3.8) is 0 Å². The Morgan fingerprint density at radius 1 is 1.36 bits per heavy atom. The molecule has 0 bridgehead atoms. The Morgan fingerprint density at radius 3 is 2.09 bits per heavy atom. The van der Waals surface area contributed by atoms with Crippen molar-refractivity contribution in [3.8, 4) is 0 Å². The largest absolute Gasteiger partial charge is 0.481 e. The van der Waals surface area contributed by atoms with Crippen LogP contribution in [0.15, 0.2) is 0 Å². The fourth-order valence-electron chi connectivity index (χ4n) is 1.41. The molecule has 2 fully saturated rings. The Kier molecular flexibility index (Phi) is 1.40. The molecule has 2 rings (SSSR count). The van der Waals surface area contributed by atoms with Crippen LogP contribution in [0.25, 0.3) is 0 Å². The van der Waals surface area contributed by atoms with Gasteiger partial charge in [0.2, 0.25) is 0 Å². The molecule has 0 spiro atoms. The molecule has 0 aliphatic carbocycles. The summed E-state index contributed by atoms with van der Waals surface area (Å²) >= 11 is 0. The molecular weight excluding hydrogens is 148 g/mol. The molecule has 0 amide bonds. The summed E-state index contributed by atoms with van der Waals surface area (Å²) in [6.07, 6.45) is 0. The molecule has 62 valence electrons. The van der Waals surface area contributed by atoms with E-state index < -0.39 is 11.4 Å². The van der Waals surface area contributed by atoms with Gasteiger partial charge in [0.25, 0.3) is 0 Å². The minimum atomic E-state index is -0.739. The highest BCUT2D eigenvalue weighted by atomic mass is 16.5. The third-order valence-corrected chi connectivity index (χ3v) is 2.56. The van der Waals surface area contributed by atoms with Crippen LogP contribution in [0, 0.1) is 11.3 Å². The van der Waals surface area contributed by atoms with Gasteiger partial charge < -0.3 is 14.6 Å². The summed E-state index contributed by atoms with van der Waals surface area (Å²) in [5, 5.41) is 8.88. The fourth-order valence-corrected chi connectivity index (χ4v) is 1.41. The standard InChI is InChI=1S/C7H10O4/c8-6(9)7(3-11-4-7)5-1-10-2-5/h5H,1-4H2,(H,8,9). The molecule has 0 unspecified atom stereocenters. The third kappa shape index (κ3) is 0.795. The van der Waals surface area contributed by atoms with E-state index in [4.69, 9.17) is 14.6 Å². The first-order chi connectivity index (χ1) is 5.26. The van der Waals surface area contributed by atoms with Crippen molar-refractivity contribution in [2.24, 2.45) is 11.3 Å². The number of ether oxygens (including phenoxy) is 2. The zero-order chi connectivity index (χ0) is 7.90. The van der Waals surface area contributed by atoms with Crippen molar-refractivity contribution in [1.29, 1.82) is 0 Å². The lowest BCUT2D eigenvalue weighted by atomic mass is 9.72. The average molecular weight is 158 g/mol. The van der Waals surface area contributed by atoms with E-state index in [1.807, 2.05) is 0 Å². The first kappa shape index (κ1) is 7.06. The van der Waals surface area contributed by atoms with Crippen LogP contribution < -0.4 is 0 Å². The van der Waals surface area contributed by atoms with Gasteiger partial charge in [-0.1, -0.05) is 0 Å². The Hall–Kier alpha value is -0.610. The number of aliphatic carboxylic acids is 1. The number of hydrogen-bond acceptors (Lipinski definition) is 3. The molecule has 2 aliphatic heterocycles. The second-order valence-electron chi connectivity index (χ2n) is 3.19. The van der Waals surface area contributed by atoms with Crippen LogP contribution >= 0.6 is 0 Å². The SMILES string of the molecule is O=C(O)C1(C2COC2)COC1. The maximum atomic E-state index is 10.8. The molecule has 0 atom stereocenters. The van der Waals surface area contributed by atoms with E-state index >= 15 is 0 Å². The van der Waals surface area contributed by atoms with Crippen molar-refractivity contribution in [2.45, 2.75) is 0 Å². The Bertz CT molecular complexity index is 181. The van der Waals surface area contributed by atoms with Crippen molar-refractivity contribution in [1.82, 2.24) is 0 Å². The van der Waals surface area contributed by atoms with Gasteiger partial charge in [0.1, 0.15) is 5.41 Å². The quantitative estimate of drug-likeness (QED) is 0.601. The molecule has 2 saturated heterocycles. The maximum absolute atomic E-state index is 10.8. The predicted octanol–water partition coefficient (Wildman–Crippen LogP) is -0.266. The highest BCUT2D eigenvalue weighted by molar-refractivity contribution is 5.76. The van der Waals surface area contributed by atoms with Gasteiger partial charge in [-0.05, 0) is 0 Å². The van der Waals surface area contributed by atoms with E-state index in [1.165, 1.54) is 0 Å². The van der Waals surface area contributed by atoms with E-state index in [0.29, 0.717) is 26.4 Å². The number of hydrogen-bond donors (Lipinski definition) is 1. The van der Waals surface area contributed by atoms with Gasteiger partial charge in [-0.3, -0.25) is 4.79 Å². The van der Waals surface area contributed by atoms with Crippen molar-refractivity contribution in [2.75, 3.05) is 26.4 Å². The number of carboxylic acids is 1. The molecule has 0 aromatic carbocycles. The smallest absolute Gasteiger partial charge is 0.314 e. The summed E-state index contributed by atoms with van der Waals surface area (Å²) in [7, 11) is 0. The summed E-state index contributed by atoms with van der Waals surface area (Å²) in [6, 6.07) is 0. The van der Waals surface area contributed by atoms with E-state index in [2.05, 4.69) is 0 Å². The van der Waals surface area contributed by atoms with Gasteiger partial charge in [-0.15, -0.1) is 0 Å². The molecule has 0 aromatic heterocycles. The maximum Gasteiger partial charge on any atom is 0.314 e. The van der Waals surface area contributed by atoms with Crippen molar-refractivity contribution < 1.29 is 19.4 Å². The molecule has 0 saturated carbocycles. The van der Waals surface area contributed by atoms with Crippen LogP contribution in [0.4, 0.5) is 0 Å². The molecule has 4 heteroatoms. The first-order valence-electron chi connectivity index (χ1n) is 3.64. The lowest BCUT2D eigenvalue weighted by molar-refractivity contribution is -0.222. The Morgan fingerprint density at radius 2 is 2.00 bits per heavy atom. The zero-order valence-corrected chi connectivity index (χ0v) is 6.08. The number of carboxylic acid groups (broad SMARTS) is 1. The van der Waals surface area contributed by atoms with Crippen LogP contribution in [0.1, 0.15) is 0 Å². The highest BCUT2D eigenvalue weighted by Crippen LogP contribution is 2.40. The van der Waals surface area contributed by atoms with Crippen LogP contribution in [0.2, 0.25) is 0 Å². The lowest BCUT2D eigenvalue weighted by Crippen LogP contribution is -2.59. The molecule has 0 radical (unpaired) electrons. The molecular formula is C7H10O4. The summed E-state index contributed by atoms with van der Waals surface area (Å²) in [6.45, 7) is 1.87. The summed E-state index contributed by atoms with van der Waals surface area (Å²) in [5.41, 5.74) is -0.613. The summed E-state index contributed by atoms with van der Waals surface area (Å²) < 4.78 is 9.87. The van der Waals surface area contributed by atoms with Gasteiger partial charge in [0.15, 0.2) is 0 Å². The minimum Gasteiger partial charge on any atom is -0.481 e. The molecule has 2 heterocycles. The molecule has 1 N–H and O–H groups in total. The Labute approximate surface area is 64.1 Å². The lowest BCUT2D eigenvalue weighted by Gasteiger charge is -2.46. The second-order valence-corrected chi connectivity index (χ2v) is 3.19. The van der Waals surface area contributed by atoms with E-state index in [0.717, 1.165) is 0 Å². The van der Waals surface area contributed by atoms with Crippen LogP contribution in [-0.4, -0.2) is 37.5 Å². The van der Waals surface area contributed by atoms with Gasteiger partial charge in [0, 0.05) is 5.92 Å². The molecule has 2 aliphatic rings. The van der Waals surface area contributed by atoms with Gasteiger partial charge in [-0.25, -0.2) is 0 Å². The molecule has 0 aromatic rings. The second kappa shape index (κ2) is 2.19. The van der Waals surface area contributed by atoms with Crippen molar-refractivity contribution in [3.05, 3.63) is 0 Å². The highest BCUT2D eigenvalue weighted by Gasteiger charge is 2.54. The van der Waals surface area contributed by atoms with E-state index in [9.17, 15) is 4.79 Å². The minimum absolute atomic E-state index is 0.175. The molecule has 4 nitrogen and oxygen atoms in total. The number of carbonyl (C=O) groups is 1. The van der Waals surface area contributed by atoms with Gasteiger partial charge in [-0.2, -0.15) is 0 Å². The van der Waals surface area contributed by atoms with Gasteiger partial charge >= 0.3 is 5.97 Å².